The van der Waals surface area contributed by atoms with E-state index in [4.69, 9.17) is 14.2 Å². The van der Waals surface area contributed by atoms with Gasteiger partial charge in [-0.05, 0) is 11.6 Å². The van der Waals surface area contributed by atoms with Crippen LogP contribution in [0.2, 0.25) is 0 Å². The van der Waals surface area contributed by atoms with E-state index < -0.39 is 6.10 Å². The van der Waals surface area contributed by atoms with Crippen molar-refractivity contribution in [2.24, 2.45) is 14.1 Å². The summed E-state index contributed by atoms with van der Waals surface area (Å²) in [4.78, 5) is 26.4. The molecule has 4 aromatic rings. The fourth-order valence-corrected chi connectivity index (χ4v) is 4.83. The van der Waals surface area contributed by atoms with Crippen LogP contribution in [0.15, 0.2) is 58.1 Å². The van der Waals surface area contributed by atoms with E-state index in [1.807, 2.05) is 48.5 Å². The molecule has 1 aliphatic heterocycles. The van der Waals surface area contributed by atoms with E-state index >= 15 is 0 Å². The highest BCUT2D eigenvalue weighted by molar-refractivity contribution is 5.96. The molecule has 0 amide bonds. The van der Waals surface area contributed by atoms with Gasteiger partial charge in [0.2, 0.25) is 0 Å². The SMILES string of the molecule is COc1cccc(C2OCCn3c(-c4ccccc4)c4c(=O)n(C)c(=O)n(C)c4c32)c1OC. The Balaban J connectivity index is 1.94. The maximum Gasteiger partial charge on any atom is 0.331 e. The van der Waals surface area contributed by atoms with Gasteiger partial charge in [-0.15, -0.1) is 0 Å². The molecule has 0 aliphatic carbocycles. The third kappa shape index (κ3) is 3.01. The Labute approximate surface area is 190 Å². The second-order valence-electron chi connectivity index (χ2n) is 8.01. The Morgan fingerprint density at radius 1 is 0.939 bits per heavy atom. The molecule has 170 valence electrons. The molecule has 2 aromatic carbocycles. The van der Waals surface area contributed by atoms with Gasteiger partial charge in [-0.2, -0.15) is 0 Å². The molecule has 1 unspecified atom stereocenters. The first-order chi connectivity index (χ1) is 16.0. The average molecular weight is 447 g/mol. The number of methoxy groups -OCH3 is 2. The minimum atomic E-state index is -0.554. The third-order valence-electron chi connectivity index (χ3n) is 6.32. The van der Waals surface area contributed by atoms with Crippen LogP contribution in [0.5, 0.6) is 11.5 Å². The van der Waals surface area contributed by atoms with Crippen molar-refractivity contribution in [3.8, 4) is 22.8 Å². The molecule has 0 N–H and O–H groups in total. The molecule has 0 saturated heterocycles. The Morgan fingerprint density at radius 2 is 1.70 bits per heavy atom. The number of hydrogen-bond donors (Lipinski definition) is 0. The number of nitrogens with zero attached hydrogens (tertiary/aromatic N) is 3. The summed E-state index contributed by atoms with van der Waals surface area (Å²) in [7, 11) is 6.37. The van der Waals surface area contributed by atoms with E-state index in [2.05, 4.69) is 4.57 Å². The standard InChI is InChI=1S/C25H25N3O5/c1-26-20-18(24(29)27(2)25(26)30)19(15-9-6-5-7-10-15)28-13-14-33-23(21(20)28)16-11-8-12-17(31-3)22(16)32-4/h5-12,23H,13-14H2,1-4H3. The number of aromatic nitrogens is 3. The number of fused-ring (bicyclic) bond motifs is 3. The first-order valence-electron chi connectivity index (χ1n) is 10.7. The number of hydrogen-bond acceptors (Lipinski definition) is 5. The van der Waals surface area contributed by atoms with Crippen molar-refractivity contribution in [2.75, 3.05) is 20.8 Å². The van der Waals surface area contributed by atoms with Crippen molar-refractivity contribution in [2.45, 2.75) is 12.6 Å². The highest BCUT2D eigenvalue weighted by Gasteiger charge is 2.34. The van der Waals surface area contributed by atoms with Crippen LogP contribution in [0.4, 0.5) is 0 Å². The maximum absolute atomic E-state index is 13.4. The summed E-state index contributed by atoms with van der Waals surface area (Å²) in [5.74, 6) is 1.14. The molecular formula is C25H25N3O5. The minimum Gasteiger partial charge on any atom is -0.493 e. The monoisotopic (exact) mass is 447 g/mol. The van der Waals surface area contributed by atoms with Crippen LogP contribution in [0.25, 0.3) is 22.2 Å². The van der Waals surface area contributed by atoms with Crippen LogP contribution in [0.3, 0.4) is 0 Å². The Kier molecular flexibility index (Phi) is 5.09. The van der Waals surface area contributed by atoms with Crippen LogP contribution >= 0.6 is 0 Å². The number of rotatable bonds is 4. The van der Waals surface area contributed by atoms with E-state index in [1.54, 1.807) is 21.3 Å². The fourth-order valence-electron chi connectivity index (χ4n) is 4.83. The predicted molar refractivity (Wildman–Crippen MR) is 125 cm³/mol. The van der Waals surface area contributed by atoms with Crippen LogP contribution in [0, 0.1) is 0 Å². The Morgan fingerprint density at radius 3 is 2.39 bits per heavy atom. The second-order valence-corrected chi connectivity index (χ2v) is 8.01. The summed E-state index contributed by atoms with van der Waals surface area (Å²) < 4.78 is 22.3. The van der Waals surface area contributed by atoms with Gasteiger partial charge in [0.05, 0.1) is 43.1 Å². The van der Waals surface area contributed by atoms with E-state index in [-0.39, 0.29) is 11.2 Å². The van der Waals surface area contributed by atoms with Gasteiger partial charge in [0.25, 0.3) is 5.56 Å². The van der Waals surface area contributed by atoms with Gasteiger partial charge in [-0.1, -0.05) is 42.5 Å². The minimum absolute atomic E-state index is 0.329. The molecule has 2 aromatic heterocycles. The van der Waals surface area contributed by atoms with Crippen molar-refractivity contribution in [3.63, 3.8) is 0 Å². The predicted octanol–water partition coefficient (Wildman–Crippen LogP) is 2.84. The van der Waals surface area contributed by atoms with Gasteiger partial charge < -0.3 is 18.8 Å². The molecule has 0 fully saturated rings. The summed E-state index contributed by atoms with van der Waals surface area (Å²) in [5.41, 5.74) is 3.06. The maximum atomic E-state index is 13.4. The molecule has 8 heteroatoms. The first-order valence-corrected chi connectivity index (χ1v) is 10.7. The van der Waals surface area contributed by atoms with Crippen molar-refractivity contribution in [1.29, 1.82) is 0 Å². The van der Waals surface area contributed by atoms with Gasteiger partial charge in [0, 0.05) is 26.2 Å². The van der Waals surface area contributed by atoms with E-state index in [9.17, 15) is 9.59 Å². The lowest BCUT2D eigenvalue weighted by atomic mass is 10.0. The zero-order chi connectivity index (χ0) is 23.3. The van der Waals surface area contributed by atoms with Crippen LogP contribution < -0.4 is 20.7 Å². The van der Waals surface area contributed by atoms with E-state index in [1.165, 1.54) is 11.6 Å². The molecule has 0 saturated carbocycles. The zero-order valence-corrected chi connectivity index (χ0v) is 19.0. The lowest BCUT2D eigenvalue weighted by Crippen LogP contribution is -2.37. The summed E-state index contributed by atoms with van der Waals surface area (Å²) in [6, 6.07) is 15.4. The summed E-state index contributed by atoms with van der Waals surface area (Å²) in [6.07, 6.45) is -0.554. The lowest BCUT2D eigenvalue weighted by Gasteiger charge is -2.29. The molecule has 0 radical (unpaired) electrons. The zero-order valence-electron chi connectivity index (χ0n) is 19.0. The highest BCUT2D eigenvalue weighted by atomic mass is 16.5. The van der Waals surface area contributed by atoms with E-state index in [0.717, 1.165) is 27.1 Å². The second kappa shape index (κ2) is 7.97. The molecule has 8 nitrogen and oxygen atoms in total. The molecule has 5 rings (SSSR count). The van der Waals surface area contributed by atoms with Crippen LogP contribution in [0.1, 0.15) is 17.4 Å². The molecule has 1 atom stereocenters. The number of benzene rings is 2. The van der Waals surface area contributed by atoms with E-state index in [0.29, 0.717) is 35.6 Å². The van der Waals surface area contributed by atoms with Crippen LogP contribution in [-0.4, -0.2) is 34.5 Å². The lowest BCUT2D eigenvalue weighted by molar-refractivity contribution is 0.0462. The Bertz CT molecular complexity index is 1480. The summed E-state index contributed by atoms with van der Waals surface area (Å²) in [5, 5.41) is 0.498. The first kappa shape index (κ1) is 21.1. The van der Waals surface area contributed by atoms with Crippen molar-refractivity contribution >= 4 is 10.9 Å². The van der Waals surface area contributed by atoms with Gasteiger partial charge in [0.1, 0.15) is 6.10 Å². The number of aryl methyl sites for hydroxylation is 1. The molecule has 33 heavy (non-hydrogen) atoms. The van der Waals surface area contributed by atoms with Gasteiger partial charge in [-0.25, -0.2) is 4.79 Å². The molecule has 0 spiro atoms. The number of para-hydroxylation sites is 1. The quantitative estimate of drug-likeness (QED) is 0.481. The fraction of sp³-hybridized carbons (Fsp3) is 0.280. The molecule has 0 bridgehead atoms. The third-order valence-corrected chi connectivity index (χ3v) is 6.32. The van der Waals surface area contributed by atoms with Gasteiger partial charge >= 0.3 is 5.69 Å². The van der Waals surface area contributed by atoms with Crippen molar-refractivity contribution in [3.05, 3.63) is 80.6 Å². The number of ether oxygens (including phenoxy) is 3. The molecule has 1 aliphatic rings. The van der Waals surface area contributed by atoms with Crippen molar-refractivity contribution in [1.82, 2.24) is 13.7 Å². The topological polar surface area (TPSA) is 76.6 Å². The molecular weight excluding hydrogens is 422 g/mol. The van der Waals surface area contributed by atoms with Gasteiger partial charge in [-0.3, -0.25) is 13.9 Å². The molecule has 3 heterocycles. The smallest absolute Gasteiger partial charge is 0.331 e. The van der Waals surface area contributed by atoms with Crippen molar-refractivity contribution < 1.29 is 14.2 Å². The largest absolute Gasteiger partial charge is 0.493 e. The Hall–Kier alpha value is -3.78. The van der Waals surface area contributed by atoms with Crippen LogP contribution in [-0.2, 0) is 25.4 Å². The van der Waals surface area contributed by atoms with Gasteiger partial charge in [0.15, 0.2) is 11.5 Å². The highest BCUT2D eigenvalue weighted by Crippen LogP contribution is 2.44. The summed E-state index contributed by atoms with van der Waals surface area (Å²) in [6.45, 7) is 0.988. The summed E-state index contributed by atoms with van der Waals surface area (Å²) >= 11 is 0. The normalized spacial score (nSPS) is 15.5. The average Bonchev–Trinajstić information content (AvgIpc) is 3.21.